The normalized spacial score (nSPS) is 12.3. The largest absolute Gasteiger partial charge is 0.494 e. The maximum Gasteiger partial charge on any atom is 0.142 e. The van der Waals surface area contributed by atoms with Crippen molar-refractivity contribution in [2.24, 2.45) is 11.5 Å². The molecule has 3 rings (SSSR count). The highest BCUT2D eigenvalue weighted by molar-refractivity contribution is 5.81. The minimum Gasteiger partial charge on any atom is -0.494 e. The second-order valence-corrected chi connectivity index (χ2v) is 5.23. The Kier molecular flexibility index (Phi) is 4.50. The lowest BCUT2D eigenvalue weighted by molar-refractivity contribution is 0.340. The Morgan fingerprint density at radius 2 is 1.78 bits per heavy atom. The third-order valence-corrected chi connectivity index (χ3v) is 3.71. The number of hydrogen-bond acceptors (Lipinski definition) is 5. The van der Waals surface area contributed by atoms with Gasteiger partial charge in [0.2, 0.25) is 0 Å². The van der Waals surface area contributed by atoms with Crippen LogP contribution >= 0.6 is 0 Å². The lowest BCUT2D eigenvalue weighted by Crippen LogP contribution is -2.16. The topological polar surface area (TPSA) is 87.0 Å². The Labute approximate surface area is 135 Å². The zero-order chi connectivity index (χ0) is 16.2. The summed E-state index contributed by atoms with van der Waals surface area (Å²) in [6.07, 6.45) is 0. The Morgan fingerprint density at radius 1 is 1.04 bits per heavy atom. The van der Waals surface area contributed by atoms with Crippen LogP contribution in [0.2, 0.25) is 0 Å². The van der Waals surface area contributed by atoms with E-state index in [1.807, 2.05) is 55.5 Å². The summed E-state index contributed by atoms with van der Waals surface area (Å²) in [4.78, 5) is 9.02. The summed E-state index contributed by atoms with van der Waals surface area (Å²) in [6, 6.07) is 15.3. The van der Waals surface area contributed by atoms with Crippen molar-refractivity contribution < 1.29 is 4.74 Å². The molecular formula is C18H20N4O. The van der Waals surface area contributed by atoms with E-state index in [2.05, 4.69) is 9.97 Å². The Balaban J connectivity index is 2.04. The molecule has 4 N–H and O–H groups in total. The van der Waals surface area contributed by atoms with Crippen molar-refractivity contribution in [3.05, 3.63) is 65.6 Å². The zero-order valence-electron chi connectivity index (χ0n) is 13.1. The third-order valence-electron chi connectivity index (χ3n) is 3.71. The molecule has 0 saturated heterocycles. The van der Waals surface area contributed by atoms with E-state index in [0.717, 1.165) is 27.9 Å². The summed E-state index contributed by atoms with van der Waals surface area (Å²) in [5.74, 6) is 1.43. The molecule has 0 amide bonds. The molecule has 0 fully saturated rings. The van der Waals surface area contributed by atoms with E-state index in [0.29, 0.717) is 12.4 Å². The van der Waals surface area contributed by atoms with Crippen LogP contribution in [0.3, 0.4) is 0 Å². The molecule has 1 unspecified atom stereocenters. The zero-order valence-corrected chi connectivity index (χ0v) is 13.1. The molecule has 0 aliphatic carbocycles. The molecule has 0 aliphatic rings. The number of rotatable bonds is 5. The van der Waals surface area contributed by atoms with Gasteiger partial charge in [0.1, 0.15) is 11.6 Å². The van der Waals surface area contributed by atoms with Crippen LogP contribution in [0.25, 0.3) is 10.9 Å². The predicted octanol–water partition coefficient (Wildman–Crippen LogP) is 2.54. The number of para-hydroxylation sites is 1. The van der Waals surface area contributed by atoms with E-state index in [1.165, 1.54) is 0 Å². The van der Waals surface area contributed by atoms with Crippen LogP contribution in [-0.4, -0.2) is 16.6 Å². The van der Waals surface area contributed by atoms with Gasteiger partial charge in [0.05, 0.1) is 30.4 Å². The van der Waals surface area contributed by atoms with Gasteiger partial charge in [0, 0.05) is 5.39 Å². The van der Waals surface area contributed by atoms with Gasteiger partial charge in [-0.2, -0.15) is 0 Å². The van der Waals surface area contributed by atoms with Gasteiger partial charge in [-0.25, -0.2) is 9.97 Å². The second-order valence-electron chi connectivity index (χ2n) is 5.23. The molecule has 0 bridgehead atoms. The summed E-state index contributed by atoms with van der Waals surface area (Å²) in [7, 11) is 0. The standard InChI is InChI=1S/C18H20N4O/c1-2-23-13-9-7-12(8-10-13)17(20)18-14-5-3-4-6-15(14)21-16(11-19)22-18/h3-10,17H,2,11,19-20H2,1H3. The smallest absolute Gasteiger partial charge is 0.142 e. The van der Waals surface area contributed by atoms with Crippen LogP contribution in [0.5, 0.6) is 5.75 Å². The summed E-state index contributed by atoms with van der Waals surface area (Å²) in [6.45, 7) is 2.89. The van der Waals surface area contributed by atoms with Gasteiger partial charge in [-0.3, -0.25) is 0 Å². The molecule has 23 heavy (non-hydrogen) atoms. The van der Waals surface area contributed by atoms with Crippen molar-refractivity contribution in [1.82, 2.24) is 9.97 Å². The van der Waals surface area contributed by atoms with Crippen molar-refractivity contribution in [2.45, 2.75) is 19.5 Å². The number of benzene rings is 2. The maximum atomic E-state index is 6.46. The molecule has 118 valence electrons. The molecular weight excluding hydrogens is 288 g/mol. The average molecular weight is 308 g/mol. The van der Waals surface area contributed by atoms with Crippen LogP contribution in [0.1, 0.15) is 30.0 Å². The van der Waals surface area contributed by atoms with Crippen LogP contribution < -0.4 is 16.2 Å². The number of aromatic nitrogens is 2. The second kappa shape index (κ2) is 6.73. The van der Waals surface area contributed by atoms with Gasteiger partial charge in [-0.05, 0) is 30.7 Å². The fraction of sp³-hybridized carbons (Fsp3) is 0.222. The first-order chi connectivity index (χ1) is 11.2. The van der Waals surface area contributed by atoms with E-state index in [1.54, 1.807) is 0 Å². The van der Waals surface area contributed by atoms with Crippen LogP contribution in [-0.2, 0) is 6.54 Å². The van der Waals surface area contributed by atoms with Crippen LogP contribution in [0.15, 0.2) is 48.5 Å². The van der Waals surface area contributed by atoms with Crippen molar-refractivity contribution in [1.29, 1.82) is 0 Å². The highest BCUT2D eigenvalue weighted by Crippen LogP contribution is 2.26. The van der Waals surface area contributed by atoms with Crippen molar-refractivity contribution in [3.63, 3.8) is 0 Å². The van der Waals surface area contributed by atoms with Gasteiger partial charge in [-0.1, -0.05) is 30.3 Å². The van der Waals surface area contributed by atoms with E-state index < -0.39 is 0 Å². The van der Waals surface area contributed by atoms with Gasteiger partial charge >= 0.3 is 0 Å². The van der Waals surface area contributed by atoms with E-state index >= 15 is 0 Å². The number of ether oxygens (including phenoxy) is 1. The third kappa shape index (κ3) is 3.16. The molecule has 1 atom stereocenters. The van der Waals surface area contributed by atoms with Gasteiger partial charge in [0.25, 0.3) is 0 Å². The molecule has 0 saturated carbocycles. The Morgan fingerprint density at radius 3 is 2.48 bits per heavy atom. The lowest BCUT2D eigenvalue weighted by atomic mass is 10.0. The molecule has 5 nitrogen and oxygen atoms in total. The first-order valence-electron chi connectivity index (χ1n) is 7.67. The summed E-state index contributed by atoms with van der Waals surface area (Å²) >= 11 is 0. The Hall–Kier alpha value is -2.50. The van der Waals surface area contributed by atoms with Gasteiger partial charge < -0.3 is 16.2 Å². The highest BCUT2D eigenvalue weighted by atomic mass is 16.5. The number of nitrogens with two attached hydrogens (primary N) is 2. The SMILES string of the molecule is CCOc1ccc(C(N)c2nc(CN)nc3ccccc23)cc1. The average Bonchev–Trinajstić information content (AvgIpc) is 2.61. The minimum absolute atomic E-state index is 0.286. The quantitative estimate of drug-likeness (QED) is 0.756. The molecule has 5 heteroatoms. The number of nitrogens with zero attached hydrogens (tertiary/aromatic N) is 2. The summed E-state index contributed by atoms with van der Waals surface area (Å²) in [5.41, 5.74) is 14.8. The van der Waals surface area contributed by atoms with Crippen molar-refractivity contribution >= 4 is 10.9 Å². The van der Waals surface area contributed by atoms with Crippen molar-refractivity contribution in [3.8, 4) is 5.75 Å². The predicted molar refractivity (Wildman–Crippen MR) is 91.1 cm³/mol. The fourth-order valence-electron chi connectivity index (χ4n) is 2.58. The minimum atomic E-state index is -0.344. The molecule has 3 aromatic rings. The summed E-state index contributed by atoms with van der Waals surface area (Å²) in [5, 5.41) is 0.950. The van der Waals surface area contributed by atoms with Crippen LogP contribution in [0, 0.1) is 0 Å². The monoisotopic (exact) mass is 308 g/mol. The maximum absolute atomic E-state index is 6.46. The Bertz CT molecular complexity index is 802. The number of fused-ring (bicyclic) bond motifs is 1. The first-order valence-corrected chi connectivity index (χ1v) is 7.67. The fourth-order valence-corrected chi connectivity index (χ4v) is 2.58. The van der Waals surface area contributed by atoms with Crippen molar-refractivity contribution in [2.75, 3.05) is 6.61 Å². The lowest BCUT2D eigenvalue weighted by Gasteiger charge is -2.15. The molecule has 0 aliphatic heterocycles. The highest BCUT2D eigenvalue weighted by Gasteiger charge is 2.16. The molecule has 2 aromatic carbocycles. The first kappa shape index (κ1) is 15.4. The number of hydrogen-bond donors (Lipinski definition) is 2. The summed E-state index contributed by atoms with van der Waals surface area (Å²) < 4.78 is 5.47. The molecule has 0 spiro atoms. The molecule has 1 heterocycles. The van der Waals surface area contributed by atoms with Crippen LogP contribution in [0.4, 0.5) is 0 Å². The molecule has 0 radical (unpaired) electrons. The van der Waals surface area contributed by atoms with E-state index in [9.17, 15) is 0 Å². The molecule has 1 aromatic heterocycles. The van der Waals surface area contributed by atoms with Gasteiger partial charge in [0.15, 0.2) is 0 Å². The van der Waals surface area contributed by atoms with Gasteiger partial charge in [-0.15, -0.1) is 0 Å². The van der Waals surface area contributed by atoms with E-state index in [4.69, 9.17) is 16.2 Å². The van der Waals surface area contributed by atoms with E-state index in [-0.39, 0.29) is 12.6 Å².